The minimum Gasteiger partial charge on any atom is -0.328 e. The maximum Gasteiger partial charge on any atom is 0.227 e. The molecule has 0 atom stereocenters. The fraction of sp³-hybridized carbons (Fsp3) is 0.562. The number of carbonyl (C=O) groups is 1. The Bertz CT molecular complexity index is 434. The van der Waals surface area contributed by atoms with E-state index >= 15 is 0 Å². The summed E-state index contributed by atoms with van der Waals surface area (Å²) in [6, 6.07) is 8.34. The highest BCUT2D eigenvalue weighted by Crippen LogP contribution is 2.27. The number of anilines is 1. The fourth-order valence-electron chi connectivity index (χ4n) is 2.73. The number of nitrogens with two attached hydrogens (primary N) is 1. The molecule has 1 saturated carbocycles. The third-order valence-electron chi connectivity index (χ3n) is 3.98. The van der Waals surface area contributed by atoms with Gasteiger partial charge in [0.15, 0.2) is 0 Å². The van der Waals surface area contributed by atoms with Gasteiger partial charge in [-0.15, -0.1) is 0 Å². The summed E-state index contributed by atoms with van der Waals surface area (Å²) in [4.78, 5) is 12.3. The Kier molecular flexibility index (Phi) is 4.59. The Morgan fingerprint density at radius 3 is 2.47 bits per heavy atom. The molecule has 1 aromatic carbocycles. The number of nitrogens with one attached hydrogen (secondary N) is 1. The van der Waals surface area contributed by atoms with Crippen molar-refractivity contribution in [1.82, 2.24) is 0 Å². The summed E-state index contributed by atoms with van der Waals surface area (Å²) in [5.41, 5.74) is 8.04. The molecule has 1 aliphatic rings. The molecule has 1 fully saturated rings. The summed E-state index contributed by atoms with van der Waals surface area (Å²) in [5, 5.41) is 3.10. The molecule has 104 valence electrons. The van der Waals surface area contributed by atoms with E-state index in [1.807, 2.05) is 18.2 Å². The minimum absolute atomic E-state index is 0.125. The molecule has 0 bridgehead atoms. The number of hydrogen-bond donors (Lipinski definition) is 2. The molecule has 3 N–H and O–H groups in total. The van der Waals surface area contributed by atoms with Crippen LogP contribution in [-0.4, -0.2) is 11.9 Å². The average Bonchev–Trinajstić information content (AvgIpc) is 2.39. The maximum atomic E-state index is 12.3. The van der Waals surface area contributed by atoms with Gasteiger partial charge < -0.3 is 11.1 Å². The van der Waals surface area contributed by atoms with Gasteiger partial charge in [-0.2, -0.15) is 0 Å². The SMILES string of the molecule is CC(C)c1ccccc1NC(=O)C1CCC(N)CC1. The molecule has 0 saturated heterocycles. The monoisotopic (exact) mass is 260 g/mol. The van der Waals surface area contributed by atoms with Gasteiger partial charge in [0.05, 0.1) is 0 Å². The largest absolute Gasteiger partial charge is 0.328 e. The molecule has 19 heavy (non-hydrogen) atoms. The predicted octanol–water partition coefficient (Wildman–Crippen LogP) is 3.27. The van der Waals surface area contributed by atoms with E-state index in [2.05, 4.69) is 25.2 Å². The Labute approximate surface area is 115 Å². The standard InChI is InChI=1S/C16H24N2O/c1-11(2)14-5-3-4-6-15(14)18-16(19)12-7-9-13(17)10-8-12/h3-6,11-13H,7-10,17H2,1-2H3,(H,18,19). The summed E-state index contributed by atoms with van der Waals surface area (Å²) in [6.07, 6.45) is 3.75. The second kappa shape index (κ2) is 6.20. The third kappa shape index (κ3) is 3.57. The lowest BCUT2D eigenvalue weighted by atomic mass is 9.86. The molecular weight excluding hydrogens is 236 g/mol. The topological polar surface area (TPSA) is 55.1 Å². The molecular formula is C16H24N2O. The molecule has 1 aliphatic carbocycles. The van der Waals surface area contributed by atoms with E-state index in [9.17, 15) is 4.79 Å². The van der Waals surface area contributed by atoms with E-state index in [1.165, 1.54) is 5.56 Å². The van der Waals surface area contributed by atoms with Crippen LogP contribution in [0.1, 0.15) is 51.0 Å². The molecule has 0 unspecified atom stereocenters. The van der Waals surface area contributed by atoms with E-state index in [-0.39, 0.29) is 17.9 Å². The molecule has 0 spiro atoms. The first-order chi connectivity index (χ1) is 9.08. The second-order valence-corrected chi connectivity index (χ2v) is 5.84. The second-order valence-electron chi connectivity index (χ2n) is 5.84. The Morgan fingerprint density at radius 2 is 1.84 bits per heavy atom. The molecule has 3 nitrogen and oxygen atoms in total. The van der Waals surface area contributed by atoms with E-state index in [4.69, 9.17) is 5.73 Å². The van der Waals surface area contributed by atoms with Gasteiger partial charge in [-0.1, -0.05) is 32.0 Å². The van der Waals surface area contributed by atoms with Crippen molar-refractivity contribution in [3.63, 3.8) is 0 Å². The normalized spacial score (nSPS) is 23.4. The number of rotatable bonds is 3. The number of amides is 1. The van der Waals surface area contributed by atoms with Crippen LogP contribution in [0.4, 0.5) is 5.69 Å². The van der Waals surface area contributed by atoms with Crippen molar-refractivity contribution in [3.8, 4) is 0 Å². The molecule has 0 heterocycles. The summed E-state index contributed by atoms with van der Waals surface area (Å²) >= 11 is 0. The van der Waals surface area contributed by atoms with Gasteiger partial charge in [-0.3, -0.25) is 4.79 Å². The molecule has 1 aromatic rings. The lowest BCUT2D eigenvalue weighted by molar-refractivity contribution is -0.120. The van der Waals surface area contributed by atoms with E-state index in [1.54, 1.807) is 0 Å². The third-order valence-corrected chi connectivity index (χ3v) is 3.98. The number of hydrogen-bond acceptors (Lipinski definition) is 2. The smallest absolute Gasteiger partial charge is 0.227 e. The minimum atomic E-state index is 0.125. The molecule has 3 heteroatoms. The lowest BCUT2D eigenvalue weighted by Gasteiger charge is -2.25. The van der Waals surface area contributed by atoms with Crippen molar-refractivity contribution in [2.24, 2.45) is 11.7 Å². The summed E-state index contributed by atoms with van der Waals surface area (Å²) < 4.78 is 0. The van der Waals surface area contributed by atoms with E-state index < -0.39 is 0 Å². The molecule has 2 rings (SSSR count). The first-order valence-electron chi connectivity index (χ1n) is 7.23. The molecule has 0 aliphatic heterocycles. The number of para-hydroxylation sites is 1. The first kappa shape index (κ1) is 14.1. The van der Waals surface area contributed by atoms with Gasteiger partial charge in [0.25, 0.3) is 0 Å². The van der Waals surface area contributed by atoms with Crippen LogP contribution in [-0.2, 0) is 4.79 Å². The number of benzene rings is 1. The highest BCUT2D eigenvalue weighted by molar-refractivity contribution is 5.93. The zero-order chi connectivity index (χ0) is 13.8. The van der Waals surface area contributed by atoms with Crippen molar-refractivity contribution in [3.05, 3.63) is 29.8 Å². The van der Waals surface area contributed by atoms with Gasteiger partial charge >= 0.3 is 0 Å². The lowest BCUT2D eigenvalue weighted by Crippen LogP contribution is -2.32. The Hall–Kier alpha value is -1.35. The quantitative estimate of drug-likeness (QED) is 0.876. The molecule has 0 radical (unpaired) electrons. The van der Waals surface area contributed by atoms with Crippen molar-refractivity contribution in [2.45, 2.75) is 51.5 Å². The van der Waals surface area contributed by atoms with Gasteiger partial charge in [0.1, 0.15) is 0 Å². The highest BCUT2D eigenvalue weighted by atomic mass is 16.1. The van der Waals surface area contributed by atoms with Crippen molar-refractivity contribution in [2.75, 3.05) is 5.32 Å². The predicted molar refractivity (Wildman–Crippen MR) is 79.1 cm³/mol. The van der Waals surface area contributed by atoms with Gasteiger partial charge in [-0.25, -0.2) is 0 Å². The van der Waals surface area contributed by atoms with Crippen LogP contribution >= 0.6 is 0 Å². The van der Waals surface area contributed by atoms with Crippen LogP contribution in [0.25, 0.3) is 0 Å². The first-order valence-corrected chi connectivity index (χ1v) is 7.23. The van der Waals surface area contributed by atoms with Crippen LogP contribution < -0.4 is 11.1 Å². The van der Waals surface area contributed by atoms with Crippen LogP contribution in [0.15, 0.2) is 24.3 Å². The number of carbonyl (C=O) groups excluding carboxylic acids is 1. The average molecular weight is 260 g/mol. The Balaban J connectivity index is 2.03. The van der Waals surface area contributed by atoms with Gasteiger partial charge in [-0.05, 0) is 43.2 Å². The van der Waals surface area contributed by atoms with Crippen LogP contribution in [0, 0.1) is 5.92 Å². The van der Waals surface area contributed by atoms with Crippen LogP contribution in [0.2, 0.25) is 0 Å². The van der Waals surface area contributed by atoms with Crippen LogP contribution in [0.3, 0.4) is 0 Å². The molecule has 0 aromatic heterocycles. The zero-order valence-electron chi connectivity index (χ0n) is 11.9. The van der Waals surface area contributed by atoms with Crippen molar-refractivity contribution in [1.29, 1.82) is 0 Å². The summed E-state index contributed by atoms with van der Waals surface area (Å²) in [5.74, 6) is 0.691. The maximum absolute atomic E-state index is 12.3. The summed E-state index contributed by atoms with van der Waals surface area (Å²) in [7, 11) is 0. The fourth-order valence-corrected chi connectivity index (χ4v) is 2.73. The zero-order valence-corrected chi connectivity index (χ0v) is 11.9. The van der Waals surface area contributed by atoms with Gasteiger partial charge in [0, 0.05) is 17.6 Å². The van der Waals surface area contributed by atoms with Crippen molar-refractivity contribution < 1.29 is 4.79 Å². The highest BCUT2D eigenvalue weighted by Gasteiger charge is 2.25. The Morgan fingerprint density at radius 1 is 1.21 bits per heavy atom. The van der Waals surface area contributed by atoms with E-state index in [0.29, 0.717) is 5.92 Å². The van der Waals surface area contributed by atoms with E-state index in [0.717, 1.165) is 31.4 Å². The van der Waals surface area contributed by atoms with Gasteiger partial charge in [0.2, 0.25) is 5.91 Å². The summed E-state index contributed by atoms with van der Waals surface area (Å²) in [6.45, 7) is 4.29. The molecule has 1 amide bonds. The van der Waals surface area contributed by atoms with Crippen molar-refractivity contribution >= 4 is 11.6 Å². The van der Waals surface area contributed by atoms with Crippen LogP contribution in [0.5, 0.6) is 0 Å².